The zero-order valence-corrected chi connectivity index (χ0v) is 14.1. The van der Waals surface area contributed by atoms with E-state index < -0.39 is 0 Å². The first kappa shape index (κ1) is 15.3. The van der Waals surface area contributed by atoms with Crippen molar-refractivity contribution < 1.29 is 0 Å². The maximum Gasteiger partial charge on any atom is 0.141 e. The Kier molecular flexibility index (Phi) is 4.13. The van der Waals surface area contributed by atoms with Crippen molar-refractivity contribution in [2.24, 2.45) is 0 Å². The fraction of sp³-hybridized carbons (Fsp3) is 0.0909. The van der Waals surface area contributed by atoms with Crippen molar-refractivity contribution in [3.8, 4) is 0 Å². The lowest BCUT2D eigenvalue weighted by Crippen LogP contribution is -1.98. The molecule has 1 N–H and O–H groups in total. The standard InChI is InChI=1S/C22H19N3/c1-16(17-7-3-2-4-8-17)18-11-13-19(14-12-18)25-22-20-9-5-6-10-21(20)23-15-24-22/h2-16H,1H3,(H,23,24,25). The van der Waals surface area contributed by atoms with Gasteiger partial charge < -0.3 is 5.32 Å². The molecule has 1 unspecified atom stereocenters. The second kappa shape index (κ2) is 6.73. The third-order valence-electron chi connectivity index (χ3n) is 4.52. The van der Waals surface area contributed by atoms with E-state index in [1.54, 1.807) is 6.33 Å². The lowest BCUT2D eigenvalue weighted by atomic mass is 9.93. The summed E-state index contributed by atoms with van der Waals surface area (Å²) in [6, 6.07) is 27.1. The van der Waals surface area contributed by atoms with Gasteiger partial charge in [-0.1, -0.05) is 61.5 Å². The normalized spacial score (nSPS) is 12.0. The van der Waals surface area contributed by atoms with Gasteiger partial charge in [0.1, 0.15) is 12.1 Å². The molecule has 0 fully saturated rings. The molecule has 1 heterocycles. The smallest absolute Gasteiger partial charge is 0.141 e. The number of nitrogens with zero attached hydrogens (tertiary/aromatic N) is 2. The maximum atomic E-state index is 4.39. The largest absolute Gasteiger partial charge is 0.340 e. The number of hydrogen-bond acceptors (Lipinski definition) is 3. The van der Waals surface area contributed by atoms with Crippen LogP contribution >= 0.6 is 0 Å². The van der Waals surface area contributed by atoms with E-state index in [0.29, 0.717) is 5.92 Å². The molecule has 0 radical (unpaired) electrons. The first-order valence-corrected chi connectivity index (χ1v) is 8.43. The van der Waals surface area contributed by atoms with Crippen LogP contribution in [0.15, 0.2) is 85.2 Å². The molecule has 0 bridgehead atoms. The summed E-state index contributed by atoms with van der Waals surface area (Å²) in [6.45, 7) is 2.23. The Morgan fingerprint density at radius 2 is 1.40 bits per heavy atom. The van der Waals surface area contributed by atoms with Gasteiger partial charge in [-0.15, -0.1) is 0 Å². The second-order valence-electron chi connectivity index (χ2n) is 6.12. The van der Waals surface area contributed by atoms with Crippen LogP contribution in [0.3, 0.4) is 0 Å². The number of rotatable bonds is 4. The highest BCUT2D eigenvalue weighted by Gasteiger charge is 2.08. The summed E-state index contributed by atoms with van der Waals surface area (Å²) in [5, 5.41) is 4.42. The number of hydrogen-bond donors (Lipinski definition) is 1. The highest BCUT2D eigenvalue weighted by molar-refractivity contribution is 5.90. The van der Waals surface area contributed by atoms with Gasteiger partial charge >= 0.3 is 0 Å². The molecule has 0 aliphatic heterocycles. The molecule has 3 aromatic carbocycles. The predicted octanol–water partition coefficient (Wildman–Crippen LogP) is 5.53. The average Bonchev–Trinajstić information content (AvgIpc) is 2.69. The van der Waals surface area contributed by atoms with Crippen LogP contribution in [0.25, 0.3) is 10.9 Å². The van der Waals surface area contributed by atoms with Crippen molar-refractivity contribution in [3.63, 3.8) is 0 Å². The second-order valence-corrected chi connectivity index (χ2v) is 6.12. The van der Waals surface area contributed by atoms with E-state index in [-0.39, 0.29) is 0 Å². The molecule has 0 saturated heterocycles. The van der Waals surface area contributed by atoms with Crippen LogP contribution < -0.4 is 5.32 Å². The van der Waals surface area contributed by atoms with Crippen LogP contribution in [0.1, 0.15) is 24.0 Å². The van der Waals surface area contributed by atoms with E-state index in [4.69, 9.17) is 0 Å². The summed E-state index contributed by atoms with van der Waals surface area (Å²) in [7, 11) is 0. The van der Waals surface area contributed by atoms with Gasteiger partial charge in [0, 0.05) is 17.0 Å². The van der Waals surface area contributed by atoms with Crippen molar-refractivity contribution >= 4 is 22.4 Å². The summed E-state index contributed by atoms with van der Waals surface area (Å²) in [6.07, 6.45) is 1.59. The molecule has 0 aliphatic rings. The van der Waals surface area contributed by atoms with E-state index in [1.165, 1.54) is 11.1 Å². The molecule has 0 spiro atoms. The van der Waals surface area contributed by atoms with E-state index in [0.717, 1.165) is 22.4 Å². The molecule has 3 nitrogen and oxygen atoms in total. The average molecular weight is 325 g/mol. The number of benzene rings is 3. The van der Waals surface area contributed by atoms with Gasteiger partial charge in [0.2, 0.25) is 0 Å². The van der Waals surface area contributed by atoms with Crippen molar-refractivity contribution in [2.75, 3.05) is 5.32 Å². The zero-order chi connectivity index (χ0) is 17.1. The molecule has 122 valence electrons. The molecule has 3 heteroatoms. The van der Waals surface area contributed by atoms with Crippen LogP contribution in [-0.4, -0.2) is 9.97 Å². The number of fused-ring (bicyclic) bond motifs is 1. The Morgan fingerprint density at radius 3 is 2.20 bits per heavy atom. The molecule has 25 heavy (non-hydrogen) atoms. The van der Waals surface area contributed by atoms with Gasteiger partial charge in [0.15, 0.2) is 0 Å². The van der Waals surface area contributed by atoms with E-state index in [9.17, 15) is 0 Å². The fourth-order valence-electron chi connectivity index (χ4n) is 3.03. The van der Waals surface area contributed by atoms with Crippen LogP contribution in [0.4, 0.5) is 11.5 Å². The van der Waals surface area contributed by atoms with Crippen molar-refractivity contribution in [3.05, 3.63) is 96.3 Å². The van der Waals surface area contributed by atoms with Gasteiger partial charge in [0.05, 0.1) is 5.52 Å². The van der Waals surface area contributed by atoms with Gasteiger partial charge in [-0.2, -0.15) is 0 Å². The molecule has 1 aromatic heterocycles. The number of aromatic nitrogens is 2. The topological polar surface area (TPSA) is 37.8 Å². The Balaban J connectivity index is 1.58. The van der Waals surface area contributed by atoms with Crippen LogP contribution in [-0.2, 0) is 0 Å². The predicted molar refractivity (Wildman–Crippen MR) is 103 cm³/mol. The van der Waals surface area contributed by atoms with Gasteiger partial charge in [-0.25, -0.2) is 9.97 Å². The maximum absolute atomic E-state index is 4.39. The minimum atomic E-state index is 0.370. The third-order valence-corrected chi connectivity index (χ3v) is 4.52. The zero-order valence-electron chi connectivity index (χ0n) is 14.1. The highest BCUT2D eigenvalue weighted by atomic mass is 15.0. The van der Waals surface area contributed by atoms with Crippen molar-refractivity contribution in [1.82, 2.24) is 9.97 Å². The molecule has 0 saturated carbocycles. The van der Waals surface area contributed by atoms with Crippen molar-refractivity contribution in [2.45, 2.75) is 12.8 Å². The fourth-order valence-corrected chi connectivity index (χ4v) is 3.03. The minimum Gasteiger partial charge on any atom is -0.340 e. The summed E-state index contributed by atoms with van der Waals surface area (Å²) in [5.41, 5.74) is 4.58. The lowest BCUT2D eigenvalue weighted by molar-refractivity contribution is 0.923. The summed E-state index contributed by atoms with van der Waals surface area (Å²) in [4.78, 5) is 8.69. The Hall–Kier alpha value is -3.20. The first-order valence-electron chi connectivity index (χ1n) is 8.43. The van der Waals surface area contributed by atoms with E-state index in [1.807, 2.05) is 24.3 Å². The van der Waals surface area contributed by atoms with E-state index in [2.05, 4.69) is 76.8 Å². The SMILES string of the molecule is CC(c1ccccc1)c1ccc(Nc2ncnc3ccccc23)cc1. The van der Waals surface area contributed by atoms with Crippen molar-refractivity contribution in [1.29, 1.82) is 0 Å². The van der Waals surface area contributed by atoms with Gasteiger partial charge in [0.25, 0.3) is 0 Å². The Labute approximate surface area is 147 Å². The minimum absolute atomic E-state index is 0.370. The molecule has 0 aliphatic carbocycles. The molecule has 4 aromatic rings. The molecule has 4 rings (SSSR count). The number of nitrogens with one attached hydrogen (secondary N) is 1. The monoisotopic (exact) mass is 325 g/mol. The Bertz CT molecular complexity index is 973. The quantitative estimate of drug-likeness (QED) is 0.536. The number of para-hydroxylation sites is 1. The number of anilines is 2. The molecule has 1 atom stereocenters. The molecular formula is C22H19N3. The van der Waals surface area contributed by atoms with Gasteiger partial charge in [-0.05, 0) is 35.4 Å². The van der Waals surface area contributed by atoms with Gasteiger partial charge in [-0.3, -0.25) is 0 Å². The van der Waals surface area contributed by atoms with Crippen LogP contribution in [0.2, 0.25) is 0 Å². The lowest BCUT2D eigenvalue weighted by Gasteiger charge is -2.14. The summed E-state index contributed by atoms with van der Waals surface area (Å²) in [5.74, 6) is 1.20. The summed E-state index contributed by atoms with van der Waals surface area (Å²) < 4.78 is 0. The van der Waals surface area contributed by atoms with Crippen LogP contribution in [0, 0.1) is 0 Å². The van der Waals surface area contributed by atoms with Crippen LogP contribution in [0.5, 0.6) is 0 Å². The molecular weight excluding hydrogens is 306 g/mol. The Morgan fingerprint density at radius 1 is 0.720 bits per heavy atom. The third kappa shape index (κ3) is 3.22. The van der Waals surface area contributed by atoms with E-state index >= 15 is 0 Å². The summed E-state index contributed by atoms with van der Waals surface area (Å²) >= 11 is 0. The molecule has 0 amide bonds. The first-order chi connectivity index (χ1) is 12.3. The highest BCUT2D eigenvalue weighted by Crippen LogP contribution is 2.27.